The van der Waals surface area contributed by atoms with Crippen LogP contribution in [0.25, 0.3) is 0 Å². The Balaban J connectivity index is 0.000000498. The Labute approximate surface area is 262 Å². The van der Waals surface area contributed by atoms with Gasteiger partial charge in [-0.2, -0.15) is 0 Å². The highest BCUT2D eigenvalue weighted by Crippen LogP contribution is 2.46. The van der Waals surface area contributed by atoms with Crippen LogP contribution >= 0.6 is 22.8 Å². The standard InChI is InChI=1S/C27H25O4P.C8H7BrO.CH4/c1-2-21-31-27(30)26(25(29)19-12-20-28)32(22-13-6-3-7-14-22,23-15-8-4-9-16-23)24-17-10-5-11-18-24;9-5-7-1-3-8(6-10)4-2-7;/h2-11,13-18,20H,1,12,19,21H2;1-4,6H,5H2;1H4. The molecule has 4 aromatic carbocycles. The maximum atomic E-state index is 13.6. The molecular weight excluding hydrogens is 623 g/mol. The van der Waals surface area contributed by atoms with Gasteiger partial charge < -0.3 is 9.53 Å². The molecule has 4 aromatic rings. The lowest BCUT2D eigenvalue weighted by atomic mass is 10.2. The smallest absolute Gasteiger partial charge is 0.343 e. The van der Waals surface area contributed by atoms with Crippen LogP contribution in [0.5, 0.6) is 0 Å². The molecule has 0 unspecified atom stereocenters. The Kier molecular flexibility index (Phi) is 15.0. The lowest BCUT2D eigenvalue weighted by molar-refractivity contribution is -0.135. The summed E-state index contributed by atoms with van der Waals surface area (Å²) in [5, 5.41) is 3.52. The van der Waals surface area contributed by atoms with Gasteiger partial charge in [0.2, 0.25) is 0 Å². The van der Waals surface area contributed by atoms with Gasteiger partial charge in [-0.25, -0.2) is 4.79 Å². The average Bonchev–Trinajstić information content (AvgIpc) is 3.06. The van der Waals surface area contributed by atoms with E-state index in [-0.39, 0.29) is 38.0 Å². The molecule has 0 bridgehead atoms. The minimum absolute atomic E-state index is 0. The topological polar surface area (TPSA) is 77.5 Å². The van der Waals surface area contributed by atoms with E-state index in [4.69, 9.17) is 4.74 Å². The third-order valence-corrected chi connectivity index (χ3v) is 11.3. The minimum Gasteiger partial charge on any atom is -0.458 e. The molecule has 43 heavy (non-hydrogen) atoms. The zero-order valence-electron chi connectivity index (χ0n) is 23.1. The normalized spacial score (nSPS) is 10.2. The van der Waals surface area contributed by atoms with Crippen molar-refractivity contribution in [1.82, 2.24) is 0 Å². The lowest BCUT2D eigenvalue weighted by Crippen LogP contribution is -2.38. The van der Waals surface area contributed by atoms with Crippen molar-refractivity contribution in [2.75, 3.05) is 6.61 Å². The molecule has 0 saturated carbocycles. The second-order valence-corrected chi connectivity index (χ2v) is 12.9. The molecule has 222 valence electrons. The van der Waals surface area contributed by atoms with Crippen LogP contribution in [-0.2, 0) is 24.5 Å². The summed E-state index contributed by atoms with van der Waals surface area (Å²) < 4.78 is 5.45. The van der Waals surface area contributed by atoms with Crippen LogP contribution in [0.15, 0.2) is 128 Å². The summed E-state index contributed by atoms with van der Waals surface area (Å²) in [5.74, 6) is -1.05. The second-order valence-electron chi connectivity index (χ2n) is 9.03. The van der Waals surface area contributed by atoms with Crippen LogP contribution in [0, 0.1) is 0 Å². The molecule has 0 aliphatic heterocycles. The van der Waals surface area contributed by atoms with Crippen LogP contribution in [0.3, 0.4) is 0 Å². The van der Waals surface area contributed by atoms with E-state index in [1.807, 2.05) is 115 Å². The van der Waals surface area contributed by atoms with Crippen LogP contribution in [0.2, 0.25) is 0 Å². The highest BCUT2D eigenvalue weighted by molar-refractivity contribution is 9.08. The maximum absolute atomic E-state index is 13.6. The molecular formula is C36H36BrO5P. The number of rotatable bonds is 12. The van der Waals surface area contributed by atoms with Crippen molar-refractivity contribution >= 4 is 68.3 Å². The molecule has 7 heteroatoms. The fourth-order valence-electron chi connectivity index (χ4n) is 4.42. The van der Waals surface area contributed by atoms with Gasteiger partial charge in [-0.3, -0.25) is 9.59 Å². The lowest BCUT2D eigenvalue weighted by Gasteiger charge is -2.31. The van der Waals surface area contributed by atoms with Crippen molar-refractivity contribution in [2.45, 2.75) is 25.6 Å². The predicted molar refractivity (Wildman–Crippen MR) is 183 cm³/mol. The molecule has 0 fully saturated rings. The van der Waals surface area contributed by atoms with E-state index < -0.39 is 12.9 Å². The number of benzene rings is 4. The highest BCUT2D eigenvalue weighted by Gasteiger charge is 2.37. The Hall–Kier alpha value is -4.12. The van der Waals surface area contributed by atoms with Gasteiger partial charge in [-0.05, 0) is 28.4 Å². The van der Waals surface area contributed by atoms with Crippen molar-refractivity contribution in [3.8, 4) is 0 Å². The number of Topliss-reactive ketones (excluding diaryl/α,β-unsaturated/α-hetero) is 1. The first-order valence-corrected chi connectivity index (χ1v) is 16.2. The number of ketones is 1. The first-order chi connectivity index (χ1) is 20.5. The Bertz CT molecular complexity index is 1400. The molecule has 0 amide bonds. The van der Waals surface area contributed by atoms with E-state index in [2.05, 4.69) is 22.5 Å². The molecule has 0 aliphatic carbocycles. The zero-order chi connectivity index (χ0) is 30.2. The van der Waals surface area contributed by atoms with Crippen molar-refractivity contribution < 1.29 is 23.9 Å². The summed E-state index contributed by atoms with van der Waals surface area (Å²) in [6.45, 7) is 0.689. The second kappa shape index (κ2) is 18.4. The molecule has 4 rings (SSSR count). The van der Waals surface area contributed by atoms with Crippen molar-refractivity contribution in [1.29, 1.82) is 0 Å². The molecule has 0 aromatic heterocycles. The summed E-state index contributed by atoms with van der Waals surface area (Å²) in [6, 6.07) is 36.3. The molecule has 0 saturated heterocycles. The zero-order valence-corrected chi connectivity index (χ0v) is 25.6. The fraction of sp³-hybridized carbons (Fsp3) is 0.139. The quantitative estimate of drug-likeness (QED) is 0.0436. The number of hydrogen-bond donors (Lipinski definition) is 0. The van der Waals surface area contributed by atoms with Gasteiger partial charge in [0.25, 0.3) is 0 Å². The van der Waals surface area contributed by atoms with Crippen molar-refractivity contribution in [3.05, 3.63) is 139 Å². The predicted octanol–water partition coefficient (Wildman–Crippen LogP) is 6.46. The van der Waals surface area contributed by atoms with E-state index >= 15 is 0 Å². The molecule has 0 heterocycles. The Morgan fingerprint density at radius 1 is 0.744 bits per heavy atom. The Morgan fingerprint density at radius 2 is 1.21 bits per heavy atom. The highest BCUT2D eigenvalue weighted by atomic mass is 79.9. The van der Waals surface area contributed by atoms with Gasteiger partial charge in [-0.15, -0.1) is 0 Å². The van der Waals surface area contributed by atoms with Gasteiger partial charge in [0.15, 0.2) is 5.78 Å². The SMILES string of the molecule is C.C=CCOC(=O)C(C(=O)CCC=O)=P(c1ccccc1)(c1ccccc1)c1ccccc1.O=Cc1ccc(CBr)cc1. The average molecular weight is 660 g/mol. The number of hydrogen-bond acceptors (Lipinski definition) is 5. The molecule has 0 atom stereocenters. The van der Waals surface area contributed by atoms with Crippen molar-refractivity contribution in [3.63, 3.8) is 0 Å². The molecule has 5 nitrogen and oxygen atoms in total. The first-order valence-electron chi connectivity index (χ1n) is 13.3. The van der Waals surface area contributed by atoms with Crippen LogP contribution < -0.4 is 15.9 Å². The summed E-state index contributed by atoms with van der Waals surface area (Å²) in [7, 11) is 0. The fourth-order valence-corrected chi connectivity index (χ4v) is 9.15. The van der Waals surface area contributed by atoms with E-state index in [0.717, 1.165) is 33.1 Å². The molecule has 0 spiro atoms. The molecule has 0 N–H and O–H groups in total. The van der Waals surface area contributed by atoms with Gasteiger partial charge in [-0.1, -0.05) is 151 Å². The van der Waals surface area contributed by atoms with Gasteiger partial charge in [0, 0.05) is 23.7 Å². The van der Waals surface area contributed by atoms with E-state index in [0.29, 0.717) is 6.29 Å². The number of esters is 1. The van der Waals surface area contributed by atoms with Gasteiger partial charge in [0.1, 0.15) is 24.5 Å². The maximum Gasteiger partial charge on any atom is 0.343 e. The van der Waals surface area contributed by atoms with Crippen LogP contribution in [0.1, 0.15) is 36.2 Å². The number of aldehydes is 2. The minimum atomic E-state index is -2.91. The summed E-state index contributed by atoms with van der Waals surface area (Å²) >= 11 is 3.32. The van der Waals surface area contributed by atoms with Crippen LogP contribution in [0.4, 0.5) is 0 Å². The van der Waals surface area contributed by atoms with E-state index in [1.54, 1.807) is 0 Å². The summed E-state index contributed by atoms with van der Waals surface area (Å²) in [6.07, 6.45) is 2.99. The molecule has 0 radical (unpaired) electrons. The monoisotopic (exact) mass is 658 g/mol. The number of alkyl halides is 1. The number of halogens is 1. The first kappa shape index (κ1) is 35.1. The van der Waals surface area contributed by atoms with Crippen molar-refractivity contribution in [2.24, 2.45) is 0 Å². The number of carbonyl (C=O) groups is 4. The van der Waals surface area contributed by atoms with E-state index in [9.17, 15) is 19.2 Å². The summed E-state index contributed by atoms with van der Waals surface area (Å²) in [4.78, 5) is 48.3. The van der Waals surface area contributed by atoms with Gasteiger partial charge >= 0.3 is 5.97 Å². The third kappa shape index (κ3) is 8.93. The third-order valence-electron chi connectivity index (χ3n) is 6.31. The number of ether oxygens (including phenoxy) is 1. The van der Waals surface area contributed by atoms with E-state index in [1.165, 1.54) is 11.6 Å². The summed E-state index contributed by atoms with van der Waals surface area (Å²) in [5.41, 5.74) is 1.91. The van der Waals surface area contributed by atoms with Gasteiger partial charge in [0.05, 0.1) is 0 Å². The largest absolute Gasteiger partial charge is 0.458 e. The molecule has 0 aliphatic rings. The Morgan fingerprint density at radius 3 is 1.58 bits per heavy atom. The van der Waals surface area contributed by atoms with Crippen LogP contribution in [-0.4, -0.2) is 36.2 Å². The number of carbonyl (C=O) groups excluding carboxylic acids is 4.